The van der Waals surface area contributed by atoms with Crippen molar-refractivity contribution in [2.24, 2.45) is 5.92 Å². The molecule has 0 aromatic rings. The molecule has 2 N–H and O–H groups in total. The summed E-state index contributed by atoms with van der Waals surface area (Å²) in [7, 11) is 0. The molecule has 1 fully saturated rings. The van der Waals surface area contributed by atoms with Crippen molar-refractivity contribution in [3.05, 3.63) is 0 Å². The summed E-state index contributed by atoms with van der Waals surface area (Å²) in [6.45, 7) is 3.70. The number of carbonyl (C=O) groups is 2. The minimum absolute atomic E-state index is 0.00259. The Labute approximate surface area is 89.4 Å². The number of amides is 1. The molecule has 15 heavy (non-hydrogen) atoms. The number of carboxylic acid groups (broad SMARTS) is 1. The van der Waals surface area contributed by atoms with Gasteiger partial charge in [0.25, 0.3) is 0 Å². The Morgan fingerprint density at radius 1 is 1.47 bits per heavy atom. The van der Waals surface area contributed by atoms with Gasteiger partial charge in [0.05, 0.1) is 13.1 Å². The summed E-state index contributed by atoms with van der Waals surface area (Å²) in [6.07, 6.45) is 2.22. The van der Waals surface area contributed by atoms with Crippen LogP contribution in [0.15, 0.2) is 0 Å². The zero-order chi connectivity index (χ0) is 11.3. The second-order valence-corrected chi connectivity index (χ2v) is 4.08. The van der Waals surface area contributed by atoms with E-state index < -0.39 is 5.97 Å². The van der Waals surface area contributed by atoms with Crippen LogP contribution in [-0.4, -0.2) is 48.1 Å². The van der Waals surface area contributed by atoms with Gasteiger partial charge >= 0.3 is 5.97 Å². The van der Waals surface area contributed by atoms with Crippen molar-refractivity contribution in [3.63, 3.8) is 0 Å². The van der Waals surface area contributed by atoms with E-state index in [0.717, 1.165) is 19.5 Å². The predicted molar refractivity (Wildman–Crippen MR) is 55.5 cm³/mol. The zero-order valence-electron chi connectivity index (χ0n) is 9.03. The lowest BCUT2D eigenvalue weighted by atomic mass is 10.0. The second-order valence-electron chi connectivity index (χ2n) is 4.08. The smallest absolute Gasteiger partial charge is 0.317 e. The van der Waals surface area contributed by atoms with E-state index >= 15 is 0 Å². The Kier molecular flexibility index (Phi) is 4.55. The topological polar surface area (TPSA) is 69.6 Å². The van der Waals surface area contributed by atoms with Gasteiger partial charge in [0.1, 0.15) is 0 Å². The number of carboxylic acids is 1. The van der Waals surface area contributed by atoms with E-state index in [-0.39, 0.29) is 19.0 Å². The van der Waals surface area contributed by atoms with Gasteiger partial charge in [0.2, 0.25) is 5.91 Å². The lowest BCUT2D eigenvalue weighted by Crippen LogP contribution is -2.44. The number of hydrogen-bond donors (Lipinski definition) is 2. The summed E-state index contributed by atoms with van der Waals surface area (Å²) < 4.78 is 0. The van der Waals surface area contributed by atoms with Crippen LogP contribution in [0.2, 0.25) is 0 Å². The summed E-state index contributed by atoms with van der Waals surface area (Å²) in [6, 6.07) is 0. The van der Waals surface area contributed by atoms with Crippen molar-refractivity contribution < 1.29 is 14.7 Å². The molecular weight excluding hydrogens is 196 g/mol. The van der Waals surface area contributed by atoms with E-state index in [9.17, 15) is 9.59 Å². The van der Waals surface area contributed by atoms with Gasteiger partial charge in [-0.1, -0.05) is 6.92 Å². The minimum atomic E-state index is -0.935. The van der Waals surface area contributed by atoms with Gasteiger partial charge < -0.3 is 10.0 Å². The number of piperidine rings is 1. The summed E-state index contributed by atoms with van der Waals surface area (Å²) in [4.78, 5) is 23.6. The number of likely N-dealkylation sites (tertiary alicyclic amines) is 1. The van der Waals surface area contributed by atoms with Crippen molar-refractivity contribution in [2.75, 3.05) is 26.2 Å². The Bertz CT molecular complexity index is 243. The normalized spacial score (nSPS) is 21.4. The van der Waals surface area contributed by atoms with Crippen molar-refractivity contribution in [2.45, 2.75) is 19.8 Å². The fraction of sp³-hybridized carbons (Fsp3) is 0.800. The first-order valence-electron chi connectivity index (χ1n) is 5.30. The molecule has 1 saturated heterocycles. The highest BCUT2D eigenvalue weighted by Crippen LogP contribution is 2.14. The molecule has 0 aliphatic carbocycles. The summed E-state index contributed by atoms with van der Waals surface area (Å²) in [5.74, 6) is -0.375. The largest absolute Gasteiger partial charge is 0.480 e. The SMILES string of the molecule is CC1CCCN(C(=O)CNCC(=O)O)C1. The van der Waals surface area contributed by atoms with E-state index in [4.69, 9.17) is 5.11 Å². The van der Waals surface area contributed by atoms with Gasteiger partial charge in [-0.15, -0.1) is 0 Å². The molecule has 1 aliphatic heterocycles. The second kappa shape index (κ2) is 5.70. The highest BCUT2D eigenvalue weighted by Gasteiger charge is 2.20. The van der Waals surface area contributed by atoms with E-state index in [1.807, 2.05) is 4.90 Å². The van der Waals surface area contributed by atoms with Gasteiger partial charge in [-0.2, -0.15) is 0 Å². The first-order chi connectivity index (χ1) is 7.09. The molecule has 1 aliphatic rings. The van der Waals surface area contributed by atoms with E-state index in [1.54, 1.807) is 0 Å². The maximum Gasteiger partial charge on any atom is 0.317 e. The molecule has 0 radical (unpaired) electrons. The average molecular weight is 214 g/mol. The molecule has 0 saturated carbocycles. The van der Waals surface area contributed by atoms with Gasteiger partial charge in [0.15, 0.2) is 0 Å². The van der Waals surface area contributed by atoms with Crippen LogP contribution in [0.4, 0.5) is 0 Å². The molecule has 5 heteroatoms. The third-order valence-corrected chi connectivity index (χ3v) is 2.56. The number of nitrogens with zero attached hydrogens (tertiary/aromatic N) is 1. The monoisotopic (exact) mass is 214 g/mol. The molecule has 0 bridgehead atoms. The Hall–Kier alpha value is -1.10. The third kappa shape index (κ3) is 4.29. The Morgan fingerprint density at radius 3 is 2.80 bits per heavy atom. The quantitative estimate of drug-likeness (QED) is 0.686. The summed E-state index contributed by atoms with van der Waals surface area (Å²) >= 11 is 0. The Morgan fingerprint density at radius 2 is 2.20 bits per heavy atom. The van der Waals surface area contributed by atoms with Gasteiger partial charge in [-0.05, 0) is 18.8 Å². The van der Waals surface area contributed by atoms with Gasteiger partial charge in [-0.25, -0.2) is 0 Å². The fourth-order valence-electron chi connectivity index (χ4n) is 1.80. The van der Waals surface area contributed by atoms with Crippen molar-refractivity contribution in [1.29, 1.82) is 0 Å². The molecule has 0 spiro atoms. The van der Waals surface area contributed by atoms with Crippen LogP contribution in [0.25, 0.3) is 0 Å². The number of aliphatic carboxylic acids is 1. The van der Waals surface area contributed by atoms with Crippen LogP contribution in [0.3, 0.4) is 0 Å². The molecule has 1 atom stereocenters. The molecule has 5 nitrogen and oxygen atoms in total. The van der Waals surface area contributed by atoms with Crippen LogP contribution >= 0.6 is 0 Å². The summed E-state index contributed by atoms with van der Waals surface area (Å²) in [5.41, 5.74) is 0. The van der Waals surface area contributed by atoms with Crippen molar-refractivity contribution >= 4 is 11.9 Å². The zero-order valence-corrected chi connectivity index (χ0v) is 9.03. The highest BCUT2D eigenvalue weighted by molar-refractivity contribution is 5.79. The molecule has 1 amide bonds. The van der Waals surface area contributed by atoms with Crippen LogP contribution in [0.5, 0.6) is 0 Å². The van der Waals surface area contributed by atoms with E-state index in [1.165, 1.54) is 6.42 Å². The molecule has 0 aromatic heterocycles. The standard InChI is InChI=1S/C10H18N2O3/c1-8-3-2-4-12(7-8)9(13)5-11-6-10(14)15/h8,11H,2-7H2,1H3,(H,14,15). The number of hydrogen-bond acceptors (Lipinski definition) is 3. The number of nitrogens with one attached hydrogen (secondary N) is 1. The first kappa shape index (κ1) is 12.0. The molecule has 86 valence electrons. The van der Waals surface area contributed by atoms with Crippen molar-refractivity contribution in [3.8, 4) is 0 Å². The molecule has 1 heterocycles. The third-order valence-electron chi connectivity index (χ3n) is 2.56. The lowest BCUT2D eigenvalue weighted by molar-refractivity contribution is -0.136. The first-order valence-corrected chi connectivity index (χ1v) is 5.30. The molecular formula is C10H18N2O3. The van der Waals surface area contributed by atoms with Crippen LogP contribution in [0, 0.1) is 5.92 Å². The molecule has 0 aromatic carbocycles. The van der Waals surface area contributed by atoms with E-state index in [0.29, 0.717) is 5.92 Å². The van der Waals surface area contributed by atoms with Crippen LogP contribution in [-0.2, 0) is 9.59 Å². The maximum absolute atomic E-state index is 11.6. The van der Waals surface area contributed by atoms with Gasteiger partial charge in [-0.3, -0.25) is 14.9 Å². The minimum Gasteiger partial charge on any atom is -0.480 e. The number of rotatable bonds is 4. The Balaban J connectivity index is 2.24. The average Bonchev–Trinajstić information content (AvgIpc) is 2.17. The highest BCUT2D eigenvalue weighted by atomic mass is 16.4. The lowest BCUT2D eigenvalue weighted by Gasteiger charge is -2.31. The fourth-order valence-corrected chi connectivity index (χ4v) is 1.80. The molecule has 1 unspecified atom stereocenters. The predicted octanol–water partition coefficient (Wildman–Crippen LogP) is -0.0809. The number of carbonyl (C=O) groups excluding carboxylic acids is 1. The molecule has 1 rings (SSSR count). The van der Waals surface area contributed by atoms with E-state index in [2.05, 4.69) is 12.2 Å². The van der Waals surface area contributed by atoms with Crippen molar-refractivity contribution in [1.82, 2.24) is 10.2 Å². The maximum atomic E-state index is 11.6. The van der Waals surface area contributed by atoms with Gasteiger partial charge in [0, 0.05) is 13.1 Å². The van der Waals surface area contributed by atoms with Crippen LogP contribution < -0.4 is 5.32 Å². The summed E-state index contributed by atoms with van der Waals surface area (Å²) in [5, 5.41) is 11.0. The van der Waals surface area contributed by atoms with Crippen LogP contribution in [0.1, 0.15) is 19.8 Å².